The molecule has 1 aromatic rings. The minimum Gasteiger partial charge on any atom is -0.449 e. The summed E-state index contributed by atoms with van der Waals surface area (Å²) in [6.07, 6.45) is 0.165. The molecule has 1 aliphatic rings. The molecule has 0 spiro atoms. The van der Waals surface area contributed by atoms with Crippen LogP contribution >= 0.6 is 0 Å². The quantitative estimate of drug-likeness (QED) is 0.812. The van der Waals surface area contributed by atoms with E-state index in [0.717, 1.165) is 11.3 Å². The Hall–Kier alpha value is -1.55. The van der Waals surface area contributed by atoms with Gasteiger partial charge in [-0.2, -0.15) is 0 Å². The van der Waals surface area contributed by atoms with Gasteiger partial charge in [0.05, 0.1) is 17.9 Å². The van der Waals surface area contributed by atoms with Crippen molar-refractivity contribution in [2.45, 2.75) is 25.9 Å². The average Bonchev–Trinajstić information content (AvgIpc) is 2.29. The number of ether oxygens (including phenoxy) is 1. The van der Waals surface area contributed by atoms with E-state index in [-0.39, 0.29) is 6.09 Å². The molecule has 1 aliphatic heterocycles. The van der Waals surface area contributed by atoms with Crippen molar-refractivity contribution in [1.29, 1.82) is 0 Å². The zero-order valence-corrected chi connectivity index (χ0v) is 10.1. The summed E-state index contributed by atoms with van der Waals surface area (Å²) in [6, 6.07) is 7.40. The van der Waals surface area contributed by atoms with Gasteiger partial charge in [-0.25, -0.2) is 4.79 Å². The van der Waals surface area contributed by atoms with E-state index in [0.29, 0.717) is 19.6 Å². The van der Waals surface area contributed by atoms with Gasteiger partial charge in [-0.05, 0) is 26.3 Å². The highest BCUT2D eigenvalue weighted by Crippen LogP contribution is 2.37. The topological polar surface area (TPSA) is 49.8 Å². The number of hydrogen-bond acceptors (Lipinski definition) is 3. The smallest absolute Gasteiger partial charge is 0.414 e. The van der Waals surface area contributed by atoms with Crippen LogP contribution in [0.15, 0.2) is 24.3 Å². The fraction of sp³-hybridized carbons (Fsp3) is 0.462. The SMILES string of the molecule is CCOC(=O)N1CCC(C)(O)c2ccccc21. The highest BCUT2D eigenvalue weighted by atomic mass is 16.6. The predicted molar refractivity (Wildman–Crippen MR) is 65.0 cm³/mol. The summed E-state index contributed by atoms with van der Waals surface area (Å²) >= 11 is 0. The molecule has 17 heavy (non-hydrogen) atoms. The highest BCUT2D eigenvalue weighted by Gasteiger charge is 2.35. The number of anilines is 1. The van der Waals surface area contributed by atoms with Gasteiger partial charge in [0.2, 0.25) is 0 Å². The van der Waals surface area contributed by atoms with Gasteiger partial charge in [0, 0.05) is 12.1 Å². The van der Waals surface area contributed by atoms with Crippen LogP contribution in [0.2, 0.25) is 0 Å². The van der Waals surface area contributed by atoms with Crippen LogP contribution < -0.4 is 4.90 Å². The van der Waals surface area contributed by atoms with Crippen LogP contribution in [0.25, 0.3) is 0 Å². The number of nitrogens with zero attached hydrogens (tertiary/aromatic N) is 1. The van der Waals surface area contributed by atoms with Gasteiger partial charge in [-0.1, -0.05) is 18.2 Å². The molecule has 0 bridgehead atoms. The molecule has 2 rings (SSSR count). The molecular weight excluding hydrogens is 218 g/mol. The summed E-state index contributed by atoms with van der Waals surface area (Å²) in [4.78, 5) is 13.4. The third-order valence-electron chi connectivity index (χ3n) is 3.09. The number of aliphatic hydroxyl groups is 1. The van der Waals surface area contributed by atoms with Gasteiger partial charge < -0.3 is 9.84 Å². The summed E-state index contributed by atoms with van der Waals surface area (Å²) in [6.45, 7) is 4.38. The molecule has 1 atom stereocenters. The van der Waals surface area contributed by atoms with Crippen LogP contribution in [0.5, 0.6) is 0 Å². The number of para-hydroxylation sites is 1. The van der Waals surface area contributed by atoms with E-state index >= 15 is 0 Å². The molecule has 1 N–H and O–H groups in total. The Morgan fingerprint density at radius 2 is 2.24 bits per heavy atom. The first kappa shape index (κ1) is 11.9. The predicted octanol–water partition coefficient (Wildman–Crippen LogP) is 2.26. The van der Waals surface area contributed by atoms with Crippen LogP contribution in [0.1, 0.15) is 25.8 Å². The van der Waals surface area contributed by atoms with E-state index in [4.69, 9.17) is 4.74 Å². The number of fused-ring (bicyclic) bond motifs is 1. The molecule has 0 saturated carbocycles. The molecule has 4 heteroatoms. The number of carbonyl (C=O) groups excluding carboxylic acids is 1. The highest BCUT2D eigenvalue weighted by molar-refractivity contribution is 5.89. The Morgan fingerprint density at radius 3 is 2.94 bits per heavy atom. The van der Waals surface area contributed by atoms with Gasteiger partial charge in [-0.15, -0.1) is 0 Å². The number of benzene rings is 1. The van der Waals surface area contributed by atoms with Crippen LogP contribution in [-0.4, -0.2) is 24.4 Å². The Morgan fingerprint density at radius 1 is 1.53 bits per heavy atom. The molecule has 0 aromatic heterocycles. The first-order chi connectivity index (χ1) is 8.06. The summed E-state index contributed by atoms with van der Waals surface area (Å²) in [7, 11) is 0. The third kappa shape index (κ3) is 2.13. The second-order valence-electron chi connectivity index (χ2n) is 4.39. The first-order valence-electron chi connectivity index (χ1n) is 5.82. The largest absolute Gasteiger partial charge is 0.449 e. The fourth-order valence-corrected chi connectivity index (χ4v) is 2.14. The van der Waals surface area contributed by atoms with Crippen LogP contribution in [-0.2, 0) is 10.3 Å². The molecule has 0 aliphatic carbocycles. The van der Waals surface area contributed by atoms with E-state index in [1.165, 1.54) is 0 Å². The molecule has 1 amide bonds. The van der Waals surface area contributed by atoms with Crippen molar-refractivity contribution in [3.8, 4) is 0 Å². The fourth-order valence-electron chi connectivity index (χ4n) is 2.14. The summed E-state index contributed by atoms with van der Waals surface area (Å²) in [5, 5.41) is 10.3. The second-order valence-corrected chi connectivity index (χ2v) is 4.39. The van der Waals surface area contributed by atoms with E-state index in [1.807, 2.05) is 24.3 Å². The molecule has 1 unspecified atom stereocenters. The molecule has 1 aromatic carbocycles. The van der Waals surface area contributed by atoms with Gasteiger partial charge in [-0.3, -0.25) is 4.90 Å². The Kier molecular flexibility index (Phi) is 3.07. The lowest BCUT2D eigenvalue weighted by atomic mass is 9.87. The summed E-state index contributed by atoms with van der Waals surface area (Å²) in [5.41, 5.74) is 0.640. The van der Waals surface area contributed by atoms with Crippen LogP contribution in [0, 0.1) is 0 Å². The van der Waals surface area contributed by atoms with Gasteiger partial charge in [0.25, 0.3) is 0 Å². The van der Waals surface area contributed by atoms with Gasteiger partial charge in [0.1, 0.15) is 0 Å². The number of carbonyl (C=O) groups is 1. The Bertz CT molecular complexity index is 428. The zero-order chi connectivity index (χ0) is 12.5. The minimum absolute atomic E-state index is 0.351. The first-order valence-corrected chi connectivity index (χ1v) is 5.82. The van der Waals surface area contributed by atoms with E-state index in [2.05, 4.69) is 0 Å². The molecule has 0 saturated heterocycles. The normalized spacial score (nSPS) is 23.1. The maximum Gasteiger partial charge on any atom is 0.414 e. The number of hydrogen-bond donors (Lipinski definition) is 1. The average molecular weight is 235 g/mol. The van der Waals surface area contributed by atoms with Crippen molar-refractivity contribution in [3.63, 3.8) is 0 Å². The lowest BCUT2D eigenvalue weighted by Crippen LogP contribution is -2.42. The zero-order valence-electron chi connectivity index (χ0n) is 10.1. The van der Waals surface area contributed by atoms with Crippen molar-refractivity contribution in [2.24, 2.45) is 0 Å². The molecule has 1 heterocycles. The molecule has 0 fully saturated rings. The standard InChI is InChI=1S/C13H17NO3/c1-3-17-12(15)14-9-8-13(2,16)10-6-4-5-7-11(10)14/h4-7,16H,3,8-9H2,1-2H3. The monoisotopic (exact) mass is 235 g/mol. The van der Waals surface area contributed by atoms with E-state index < -0.39 is 5.60 Å². The molecule has 0 radical (unpaired) electrons. The van der Waals surface area contributed by atoms with Crippen molar-refractivity contribution in [2.75, 3.05) is 18.1 Å². The number of amides is 1. The maximum absolute atomic E-state index is 11.8. The summed E-state index contributed by atoms with van der Waals surface area (Å²) in [5.74, 6) is 0. The second kappa shape index (κ2) is 4.37. The lowest BCUT2D eigenvalue weighted by molar-refractivity contribution is 0.0451. The third-order valence-corrected chi connectivity index (χ3v) is 3.09. The van der Waals surface area contributed by atoms with Crippen LogP contribution in [0.3, 0.4) is 0 Å². The minimum atomic E-state index is -0.875. The van der Waals surface area contributed by atoms with Crippen molar-refractivity contribution in [3.05, 3.63) is 29.8 Å². The maximum atomic E-state index is 11.8. The van der Waals surface area contributed by atoms with Gasteiger partial charge in [0.15, 0.2) is 0 Å². The molecular formula is C13H17NO3. The van der Waals surface area contributed by atoms with E-state index in [1.54, 1.807) is 18.7 Å². The Labute approximate surface area is 101 Å². The number of rotatable bonds is 1. The van der Waals surface area contributed by atoms with Crippen LogP contribution in [0.4, 0.5) is 10.5 Å². The lowest BCUT2D eigenvalue weighted by Gasteiger charge is -2.37. The molecule has 92 valence electrons. The van der Waals surface area contributed by atoms with Crippen molar-refractivity contribution < 1.29 is 14.6 Å². The van der Waals surface area contributed by atoms with Gasteiger partial charge >= 0.3 is 6.09 Å². The van der Waals surface area contributed by atoms with Crippen molar-refractivity contribution in [1.82, 2.24) is 0 Å². The summed E-state index contributed by atoms with van der Waals surface area (Å²) < 4.78 is 5.01. The van der Waals surface area contributed by atoms with E-state index in [9.17, 15) is 9.90 Å². The Balaban J connectivity index is 2.38. The van der Waals surface area contributed by atoms with Crippen molar-refractivity contribution >= 4 is 11.8 Å². The molecule has 4 nitrogen and oxygen atoms in total.